The van der Waals surface area contributed by atoms with Crippen molar-refractivity contribution >= 4 is 28.3 Å². The zero-order valence-corrected chi connectivity index (χ0v) is 15.1. The van der Waals surface area contributed by atoms with E-state index in [2.05, 4.69) is 17.4 Å². The van der Waals surface area contributed by atoms with E-state index < -0.39 is 0 Å². The lowest BCUT2D eigenvalue weighted by molar-refractivity contribution is -0.128. The Balaban J connectivity index is 1.40. The van der Waals surface area contributed by atoms with Gasteiger partial charge in [-0.15, -0.1) is 0 Å². The summed E-state index contributed by atoms with van der Waals surface area (Å²) in [5.41, 5.74) is 2.00. The predicted octanol–water partition coefficient (Wildman–Crippen LogP) is 3.87. The molecule has 2 amide bonds. The first-order chi connectivity index (χ1) is 13.2. The van der Waals surface area contributed by atoms with E-state index in [1.807, 2.05) is 60.7 Å². The molecular weight excluding hydrogens is 336 g/mol. The van der Waals surface area contributed by atoms with E-state index in [4.69, 9.17) is 0 Å². The lowest BCUT2D eigenvalue weighted by Crippen LogP contribution is -2.30. The standard InChI is InChI=1S/C23H22N2O2/c26-22-15-19(16-25(22)14-13-17-7-2-1-3-8-17)23(27)24-21-12-6-10-18-9-4-5-11-20(18)21/h1-12,19H,13-16H2,(H,24,27). The lowest BCUT2D eigenvalue weighted by atomic mass is 10.1. The van der Waals surface area contributed by atoms with E-state index >= 15 is 0 Å². The lowest BCUT2D eigenvalue weighted by Gasteiger charge is -2.17. The Morgan fingerprint density at radius 3 is 2.56 bits per heavy atom. The SMILES string of the molecule is O=C(Nc1cccc2ccccc12)C1CC(=O)N(CCc2ccccc2)C1. The van der Waals surface area contributed by atoms with Gasteiger partial charge in [-0.25, -0.2) is 0 Å². The number of rotatable bonds is 5. The van der Waals surface area contributed by atoms with E-state index in [0.29, 0.717) is 13.1 Å². The molecule has 1 N–H and O–H groups in total. The van der Waals surface area contributed by atoms with Crippen molar-refractivity contribution in [2.24, 2.45) is 5.92 Å². The first-order valence-electron chi connectivity index (χ1n) is 9.31. The van der Waals surface area contributed by atoms with E-state index in [1.165, 1.54) is 5.56 Å². The number of hydrogen-bond acceptors (Lipinski definition) is 2. The summed E-state index contributed by atoms with van der Waals surface area (Å²) in [5, 5.41) is 5.12. The van der Waals surface area contributed by atoms with Crippen molar-refractivity contribution in [3.63, 3.8) is 0 Å². The molecular formula is C23H22N2O2. The van der Waals surface area contributed by atoms with Crippen LogP contribution < -0.4 is 5.32 Å². The van der Waals surface area contributed by atoms with Gasteiger partial charge in [-0.1, -0.05) is 66.7 Å². The third-order valence-corrected chi connectivity index (χ3v) is 5.15. The molecule has 4 heteroatoms. The van der Waals surface area contributed by atoms with Crippen LogP contribution in [-0.4, -0.2) is 29.8 Å². The van der Waals surface area contributed by atoms with Gasteiger partial charge in [-0.2, -0.15) is 0 Å². The molecule has 1 heterocycles. The summed E-state index contributed by atoms with van der Waals surface area (Å²) in [5.74, 6) is -0.321. The monoisotopic (exact) mass is 358 g/mol. The number of nitrogens with zero attached hydrogens (tertiary/aromatic N) is 1. The van der Waals surface area contributed by atoms with E-state index in [9.17, 15) is 9.59 Å². The average molecular weight is 358 g/mol. The minimum absolute atomic E-state index is 0.0593. The number of hydrogen-bond donors (Lipinski definition) is 1. The maximum Gasteiger partial charge on any atom is 0.229 e. The van der Waals surface area contributed by atoms with Gasteiger partial charge in [0.15, 0.2) is 0 Å². The molecule has 1 unspecified atom stereocenters. The minimum atomic E-state index is -0.299. The van der Waals surface area contributed by atoms with Gasteiger partial charge in [0, 0.05) is 30.6 Å². The molecule has 0 bridgehead atoms. The van der Waals surface area contributed by atoms with Crippen molar-refractivity contribution < 1.29 is 9.59 Å². The highest BCUT2D eigenvalue weighted by Crippen LogP contribution is 2.25. The fourth-order valence-corrected chi connectivity index (χ4v) is 3.64. The van der Waals surface area contributed by atoms with Crippen LogP contribution >= 0.6 is 0 Å². The summed E-state index contributed by atoms with van der Waals surface area (Å²) in [6.45, 7) is 1.14. The molecule has 0 aromatic heterocycles. The molecule has 136 valence electrons. The van der Waals surface area contributed by atoms with Gasteiger partial charge < -0.3 is 10.2 Å². The molecule has 1 aliphatic rings. The summed E-state index contributed by atoms with van der Waals surface area (Å²) in [7, 11) is 0. The third-order valence-electron chi connectivity index (χ3n) is 5.15. The number of benzene rings is 3. The van der Waals surface area contributed by atoms with Crippen molar-refractivity contribution in [3.05, 3.63) is 78.4 Å². The van der Waals surface area contributed by atoms with Gasteiger partial charge in [0.1, 0.15) is 0 Å². The molecule has 1 fully saturated rings. The van der Waals surface area contributed by atoms with Crippen LogP contribution in [0.3, 0.4) is 0 Å². The summed E-state index contributed by atoms with van der Waals surface area (Å²) >= 11 is 0. The third kappa shape index (κ3) is 3.85. The number of amides is 2. The Kier molecular flexibility index (Phi) is 4.88. The van der Waals surface area contributed by atoms with Crippen molar-refractivity contribution in [3.8, 4) is 0 Å². The quantitative estimate of drug-likeness (QED) is 0.753. The molecule has 0 radical (unpaired) electrons. The smallest absolute Gasteiger partial charge is 0.229 e. The Hall–Kier alpha value is -3.14. The molecule has 4 rings (SSSR count). The van der Waals surface area contributed by atoms with E-state index in [-0.39, 0.29) is 24.2 Å². The fraction of sp³-hybridized carbons (Fsp3) is 0.217. The summed E-state index contributed by atoms with van der Waals surface area (Å²) < 4.78 is 0. The first kappa shape index (κ1) is 17.3. The molecule has 0 spiro atoms. The average Bonchev–Trinajstić information content (AvgIpc) is 3.08. The zero-order chi connectivity index (χ0) is 18.6. The van der Waals surface area contributed by atoms with E-state index in [0.717, 1.165) is 22.9 Å². The summed E-state index contributed by atoms with van der Waals surface area (Å²) in [4.78, 5) is 26.9. The summed E-state index contributed by atoms with van der Waals surface area (Å²) in [6, 6.07) is 23.9. The predicted molar refractivity (Wildman–Crippen MR) is 107 cm³/mol. The normalized spacial score (nSPS) is 16.7. The van der Waals surface area contributed by atoms with Gasteiger partial charge in [0.25, 0.3) is 0 Å². The molecule has 27 heavy (non-hydrogen) atoms. The first-order valence-corrected chi connectivity index (χ1v) is 9.31. The van der Waals surface area contributed by atoms with Crippen LogP contribution in [0.25, 0.3) is 10.8 Å². The minimum Gasteiger partial charge on any atom is -0.342 e. The van der Waals surface area contributed by atoms with Crippen LogP contribution in [0.1, 0.15) is 12.0 Å². The Bertz CT molecular complexity index is 963. The van der Waals surface area contributed by atoms with Crippen LogP contribution in [0.4, 0.5) is 5.69 Å². The number of fused-ring (bicyclic) bond motifs is 1. The molecule has 1 atom stereocenters. The maximum absolute atomic E-state index is 12.7. The van der Waals surface area contributed by atoms with Crippen LogP contribution in [-0.2, 0) is 16.0 Å². The van der Waals surface area contributed by atoms with Gasteiger partial charge >= 0.3 is 0 Å². The van der Waals surface area contributed by atoms with Crippen LogP contribution in [0.2, 0.25) is 0 Å². The molecule has 4 nitrogen and oxygen atoms in total. The highest BCUT2D eigenvalue weighted by atomic mass is 16.2. The second-order valence-corrected chi connectivity index (χ2v) is 6.99. The highest BCUT2D eigenvalue weighted by molar-refractivity contribution is 6.04. The van der Waals surface area contributed by atoms with Gasteiger partial charge in [-0.05, 0) is 23.4 Å². The van der Waals surface area contributed by atoms with Crippen molar-refractivity contribution in [2.45, 2.75) is 12.8 Å². The Morgan fingerprint density at radius 2 is 1.70 bits per heavy atom. The topological polar surface area (TPSA) is 49.4 Å². The van der Waals surface area contributed by atoms with Crippen LogP contribution in [0.15, 0.2) is 72.8 Å². The van der Waals surface area contributed by atoms with Crippen molar-refractivity contribution in [1.82, 2.24) is 4.90 Å². The maximum atomic E-state index is 12.7. The number of carbonyl (C=O) groups excluding carboxylic acids is 2. The number of likely N-dealkylation sites (tertiary alicyclic amines) is 1. The Morgan fingerprint density at radius 1 is 0.963 bits per heavy atom. The molecule has 1 aliphatic heterocycles. The second-order valence-electron chi connectivity index (χ2n) is 6.99. The number of anilines is 1. The zero-order valence-electron chi connectivity index (χ0n) is 15.1. The van der Waals surface area contributed by atoms with E-state index in [1.54, 1.807) is 4.90 Å². The molecule has 3 aromatic rings. The van der Waals surface area contributed by atoms with Crippen LogP contribution in [0.5, 0.6) is 0 Å². The fourth-order valence-electron chi connectivity index (χ4n) is 3.64. The Labute approximate surface area is 158 Å². The molecule has 3 aromatic carbocycles. The molecule has 0 saturated carbocycles. The number of carbonyl (C=O) groups is 2. The molecule has 0 aliphatic carbocycles. The number of nitrogens with one attached hydrogen (secondary N) is 1. The van der Waals surface area contributed by atoms with Gasteiger partial charge in [0.05, 0.1) is 5.92 Å². The second kappa shape index (κ2) is 7.62. The molecule has 1 saturated heterocycles. The van der Waals surface area contributed by atoms with Crippen LogP contribution in [0, 0.1) is 5.92 Å². The van der Waals surface area contributed by atoms with Crippen molar-refractivity contribution in [1.29, 1.82) is 0 Å². The van der Waals surface area contributed by atoms with Gasteiger partial charge in [-0.3, -0.25) is 9.59 Å². The highest BCUT2D eigenvalue weighted by Gasteiger charge is 2.34. The largest absolute Gasteiger partial charge is 0.342 e. The van der Waals surface area contributed by atoms with Gasteiger partial charge in [0.2, 0.25) is 11.8 Å². The summed E-state index contributed by atoms with van der Waals surface area (Å²) in [6.07, 6.45) is 1.09. The van der Waals surface area contributed by atoms with Crippen molar-refractivity contribution in [2.75, 3.05) is 18.4 Å².